The molecule has 9 nitrogen and oxygen atoms in total. The molecule has 10 heteroatoms. The maximum atomic E-state index is 13.8. The van der Waals surface area contributed by atoms with Gasteiger partial charge in [-0.05, 0) is 72.2 Å². The number of ether oxygens (including phenoxy) is 2. The van der Waals surface area contributed by atoms with Crippen LogP contribution >= 0.6 is 11.8 Å². The summed E-state index contributed by atoms with van der Waals surface area (Å²) in [5.74, 6) is 0.928. The van der Waals surface area contributed by atoms with Gasteiger partial charge in [0.05, 0.1) is 18.8 Å². The van der Waals surface area contributed by atoms with Crippen LogP contribution in [0, 0.1) is 0 Å². The number of carbonyl (C=O) groups is 3. The number of likely N-dealkylation sites (tertiary alicyclic amines) is 1. The molecule has 0 aromatic heterocycles. The van der Waals surface area contributed by atoms with Gasteiger partial charge >= 0.3 is 6.09 Å². The highest BCUT2D eigenvalue weighted by Gasteiger charge is 2.40. The number of benzene rings is 3. The van der Waals surface area contributed by atoms with E-state index in [-0.39, 0.29) is 18.4 Å². The fourth-order valence-corrected chi connectivity index (χ4v) is 7.06. The van der Waals surface area contributed by atoms with Crippen molar-refractivity contribution < 1.29 is 23.9 Å². The molecule has 2 saturated heterocycles. The number of carbonyl (C=O) groups excluding carboxylic acids is 3. The van der Waals surface area contributed by atoms with Crippen molar-refractivity contribution in [3.8, 4) is 0 Å². The van der Waals surface area contributed by atoms with Gasteiger partial charge < -0.3 is 14.8 Å². The molecule has 1 N–H and O–H groups in total. The van der Waals surface area contributed by atoms with Gasteiger partial charge in [-0.2, -0.15) is 0 Å². The first-order valence-corrected chi connectivity index (χ1v) is 17.1. The number of rotatable bonds is 10. The predicted octanol–water partition coefficient (Wildman–Crippen LogP) is 7.55. The quantitative estimate of drug-likeness (QED) is 0.243. The van der Waals surface area contributed by atoms with Crippen molar-refractivity contribution >= 4 is 46.2 Å². The summed E-state index contributed by atoms with van der Waals surface area (Å²) in [6.07, 6.45) is 4.71. The number of nitrogens with zero attached hydrogens (tertiary/aromatic N) is 3. The molecule has 3 heterocycles. The zero-order valence-electron chi connectivity index (χ0n) is 26.8. The zero-order valence-corrected chi connectivity index (χ0v) is 27.6. The first kappa shape index (κ1) is 32.4. The van der Waals surface area contributed by atoms with Gasteiger partial charge in [0, 0.05) is 18.7 Å². The van der Waals surface area contributed by atoms with Crippen LogP contribution in [0.3, 0.4) is 0 Å². The van der Waals surface area contributed by atoms with E-state index >= 15 is 0 Å². The lowest BCUT2D eigenvalue weighted by Crippen LogP contribution is -2.43. The highest BCUT2D eigenvalue weighted by atomic mass is 32.2. The maximum absolute atomic E-state index is 13.8. The molecule has 0 bridgehead atoms. The SMILES string of the molecule is CCC(C)c1ccc(N=C2SC(c3ccc(NC(=O)[C@@H]4CCCN4C(=O)OCc4ccccc4)cc3)C(=O)N2CC2=CCCO2)cc1. The molecule has 6 rings (SSSR count). The van der Waals surface area contributed by atoms with Crippen molar-refractivity contribution in [2.45, 2.75) is 63.3 Å². The van der Waals surface area contributed by atoms with Crippen molar-refractivity contribution in [3.05, 3.63) is 107 Å². The van der Waals surface area contributed by atoms with Gasteiger partial charge in [0.2, 0.25) is 11.8 Å². The Hall–Kier alpha value is -4.57. The first-order chi connectivity index (χ1) is 22.9. The van der Waals surface area contributed by atoms with Crippen LogP contribution in [0.25, 0.3) is 0 Å². The average Bonchev–Trinajstić information content (AvgIpc) is 3.87. The van der Waals surface area contributed by atoms with Crippen LogP contribution in [0.4, 0.5) is 16.2 Å². The molecule has 0 spiro atoms. The van der Waals surface area contributed by atoms with Crippen LogP contribution in [0.1, 0.15) is 67.4 Å². The van der Waals surface area contributed by atoms with Gasteiger partial charge in [-0.25, -0.2) is 9.79 Å². The molecule has 244 valence electrons. The van der Waals surface area contributed by atoms with Gasteiger partial charge in [-0.15, -0.1) is 0 Å². The van der Waals surface area contributed by atoms with Crippen molar-refractivity contribution in [2.75, 3.05) is 25.0 Å². The summed E-state index contributed by atoms with van der Waals surface area (Å²) in [5.41, 5.74) is 4.36. The summed E-state index contributed by atoms with van der Waals surface area (Å²) in [4.78, 5) is 47.9. The molecule has 3 aromatic carbocycles. The van der Waals surface area contributed by atoms with Crippen molar-refractivity contribution in [3.63, 3.8) is 0 Å². The van der Waals surface area contributed by atoms with E-state index < -0.39 is 17.4 Å². The van der Waals surface area contributed by atoms with E-state index in [0.29, 0.717) is 42.9 Å². The second-order valence-corrected chi connectivity index (χ2v) is 13.1. The average molecular weight is 653 g/mol. The Kier molecular flexibility index (Phi) is 10.3. The van der Waals surface area contributed by atoms with E-state index in [1.165, 1.54) is 22.2 Å². The molecule has 3 aliphatic heterocycles. The Labute approximate surface area is 280 Å². The minimum Gasteiger partial charge on any atom is -0.496 e. The summed E-state index contributed by atoms with van der Waals surface area (Å²) < 4.78 is 11.2. The second kappa shape index (κ2) is 14.9. The Bertz CT molecular complexity index is 1640. The van der Waals surface area contributed by atoms with E-state index in [9.17, 15) is 14.4 Å². The van der Waals surface area contributed by atoms with Crippen molar-refractivity contribution in [1.29, 1.82) is 0 Å². The third kappa shape index (κ3) is 7.71. The number of hydrogen-bond acceptors (Lipinski definition) is 7. The summed E-state index contributed by atoms with van der Waals surface area (Å²) in [7, 11) is 0. The zero-order chi connectivity index (χ0) is 32.8. The van der Waals surface area contributed by atoms with E-state index in [0.717, 1.165) is 41.8 Å². The molecular weight excluding hydrogens is 612 g/mol. The largest absolute Gasteiger partial charge is 0.496 e. The summed E-state index contributed by atoms with van der Waals surface area (Å²) in [6, 6.07) is 24.4. The third-order valence-corrected chi connectivity index (χ3v) is 10.0. The molecule has 3 aliphatic rings. The number of amidine groups is 1. The van der Waals surface area contributed by atoms with Crippen LogP contribution in [-0.2, 0) is 25.7 Å². The van der Waals surface area contributed by atoms with Crippen LogP contribution < -0.4 is 5.32 Å². The maximum Gasteiger partial charge on any atom is 0.410 e. The number of aliphatic imine (C=N–C) groups is 1. The fourth-order valence-electron chi connectivity index (χ4n) is 5.88. The van der Waals surface area contributed by atoms with Crippen LogP contribution in [-0.4, -0.2) is 58.6 Å². The van der Waals surface area contributed by atoms with Crippen LogP contribution in [0.15, 0.2) is 95.7 Å². The standard InChI is InChI=1S/C37H40N4O5S/c1-3-25(2)27-13-17-30(18-14-27)39-36-41(23-31-11-8-22-45-31)35(43)33(47-36)28-15-19-29(20-16-28)38-34(42)32-12-7-21-40(32)37(44)46-24-26-9-5-4-6-10-26/h4-6,9-11,13-20,25,32-33H,3,7-8,12,21-24H2,1-2H3,(H,38,42)/t25?,32-,33?/m0/s1. The fraction of sp³-hybridized carbons (Fsp3) is 0.351. The van der Waals surface area contributed by atoms with Crippen molar-refractivity contribution in [1.82, 2.24) is 9.80 Å². The van der Waals surface area contributed by atoms with Crippen LogP contribution in [0.5, 0.6) is 0 Å². The van der Waals surface area contributed by atoms with Gasteiger partial charge in [0.15, 0.2) is 5.17 Å². The Balaban J connectivity index is 1.12. The monoisotopic (exact) mass is 652 g/mol. The van der Waals surface area contributed by atoms with E-state index in [1.807, 2.05) is 60.7 Å². The van der Waals surface area contributed by atoms with E-state index in [4.69, 9.17) is 14.5 Å². The molecule has 3 amide bonds. The lowest BCUT2D eigenvalue weighted by molar-refractivity contribution is -0.126. The second-order valence-electron chi connectivity index (χ2n) is 12.0. The molecule has 3 aromatic rings. The third-order valence-electron chi connectivity index (χ3n) is 8.81. The summed E-state index contributed by atoms with van der Waals surface area (Å²) >= 11 is 1.42. The number of nitrogens with one attached hydrogen (secondary N) is 1. The molecule has 47 heavy (non-hydrogen) atoms. The van der Waals surface area contributed by atoms with E-state index in [2.05, 4.69) is 31.3 Å². The minimum atomic E-state index is -0.608. The number of amides is 3. The van der Waals surface area contributed by atoms with Crippen LogP contribution in [0.2, 0.25) is 0 Å². The number of thioether (sulfide) groups is 1. The van der Waals surface area contributed by atoms with Gasteiger partial charge in [0.25, 0.3) is 0 Å². The Morgan fingerprint density at radius 3 is 2.53 bits per heavy atom. The molecule has 0 aliphatic carbocycles. The Morgan fingerprint density at radius 2 is 1.83 bits per heavy atom. The molecule has 2 fully saturated rings. The number of anilines is 1. The molecular formula is C37H40N4O5S. The van der Waals surface area contributed by atoms with Gasteiger partial charge in [-0.3, -0.25) is 19.4 Å². The lowest BCUT2D eigenvalue weighted by Gasteiger charge is -2.23. The van der Waals surface area contributed by atoms with Crippen molar-refractivity contribution in [2.24, 2.45) is 4.99 Å². The first-order valence-electron chi connectivity index (χ1n) is 16.3. The molecule has 0 radical (unpaired) electrons. The molecule has 0 saturated carbocycles. The highest BCUT2D eigenvalue weighted by Crippen LogP contribution is 2.41. The lowest BCUT2D eigenvalue weighted by atomic mass is 9.99. The number of hydrogen-bond donors (Lipinski definition) is 1. The molecule has 3 atom stereocenters. The minimum absolute atomic E-state index is 0.0613. The Morgan fingerprint density at radius 1 is 1.06 bits per heavy atom. The van der Waals surface area contributed by atoms with Gasteiger partial charge in [0.1, 0.15) is 23.7 Å². The summed E-state index contributed by atoms with van der Waals surface area (Å²) in [6.45, 7) is 5.97. The normalized spacial score (nSPS) is 20.7. The molecule has 2 unspecified atom stereocenters. The highest BCUT2D eigenvalue weighted by molar-refractivity contribution is 8.15. The summed E-state index contributed by atoms with van der Waals surface area (Å²) in [5, 5.41) is 3.10. The van der Waals surface area contributed by atoms with Gasteiger partial charge in [-0.1, -0.05) is 80.2 Å². The smallest absolute Gasteiger partial charge is 0.410 e. The topological polar surface area (TPSA) is 101 Å². The predicted molar refractivity (Wildman–Crippen MR) is 184 cm³/mol. The van der Waals surface area contributed by atoms with E-state index in [1.54, 1.807) is 17.0 Å².